The number of nitrogens with zero attached hydrogens (tertiary/aromatic N) is 1. The molecule has 0 radical (unpaired) electrons. The Bertz CT molecular complexity index is 403. The van der Waals surface area contributed by atoms with Gasteiger partial charge in [-0.1, -0.05) is 6.42 Å². The highest BCUT2D eigenvalue weighted by atomic mass is 16.5. The fourth-order valence-electron chi connectivity index (χ4n) is 4.47. The molecule has 2 unspecified atom stereocenters. The Morgan fingerprint density at radius 3 is 2.77 bits per heavy atom. The quantitative estimate of drug-likeness (QED) is 0.781. The van der Waals surface area contributed by atoms with Crippen LogP contribution in [-0.4, -0.2) is 61.5 Å². The second kappa shape index (κ2) is 6.46. The number of rotatable bonds is 5. The lowest BCUT2D eigenvalue weighted by Crippen LogP contribution is -2.64. The van der Waals surface area contributed by atoms with Crippen LogP contribution < -0.4 is 0 Å². The molecule has 22 heavy (non-hydrogen) atoms. The topological polar surface area (TPSA) is 59.0 Å². The van der Waals surface area contributed by atoms with Crippen LogP contribution in [0.4, 0.5) is 0 Å². The van der Waals surface area contributed by atoms with E-state index >= 15 is 0 Å². The molecule has 126 valence electrons. The first-order valence-electron chi connectivity index (χ1n) is 8.71. The summed E-state index contributed by atoms with van der Waals surface area (Å²) < 4.78 is 10.5. The number of likely N-dealkylation sites (tertiary alicyclic amines) is 1. The van der Waals surface area contributed by atoms with E-state index in [2.05, 4.69) is 4.90 Å². The van der Waals surface area contributed by atoms with E-state index in [-0.39, 0.29) is 5.97 Å². The molecule has 2 atom stereocenters. The molecule has 5 heteroatoms. The summed E-state index contributed by atoms with van der Waals surface area (Å²) in [6, 6.07) is 0. The lowest BCUT2D eigenvalue weighted by atomic mass is 9.56. The number of methoxy groups -OCH3 is 1. The van der Waals surface area contributed by atoms with E-state index in [0.717, 1.165) is 64.8 Å². The van der Waals surface area contributed by atoms with Gasteiger partial charge < -0.3 is 19.5 Å². The van der Waals surface area contributed by atoms with E-state index in [9.17, 15) is 9.90 Å². The molecule has 2 aliphatic heterocycles. The van der Waals surface area contributed by atoms with Crippen molar-refractivity contribution in [2.45, 2.75) is 50.5 Å². The van der Waals surface area contributed by atoms with E-state index < -0.39 is 11.0 Å². The summed E-state index contributed by atoms with van der Waals surface area (Å²) in [5.41, 5.74) is -1.57. The molecule has 0 aromatic rings. The molecule has 1 saturated carbocycles. The van der Waals surface area contributed by atoms with Gasteiger partial charge in [0, 0.05) is 19.8 Å². The van der Waals surface area contributed by atoms with Gasteiger partial charge in [0.1, 0.15) is 0 Å². The number of piperidine rings is 1. The lowest BCUT2D eigenvalue weighted by molar-refractivity contribution is -0.198. The van der Waals surface area contributed by atoms with Gasteiger partial charge in [-0.3, -0.25) is 4.79 Å². The maximum atomic E-state index is 12.3. The highest BCUT2D eigenvalue weighted by Crippen LogP contribution is 2.53. The molecule has 0 aromatic carbocycles. The Labute approximate surface area is 133 Å². The number of β-amino-alcohol motifs (C(OH)–C–C–N with tert-alkyl or cyclic N) is 1. The first-order chi connectivity index (χ1) is 10.6. The van der Waals surface area contributed by atoms with Gasteiger partial charge >= 0.3 is 5.97 Å². The number of hydrogen-bond donors (Lipinski definition) is 1. The monoisotopic (exact) mass is 311 g/mol. The molecule has 0 amide bonds. The van der Waals surface area contributed by atoms with Crippen LogP contribution in [0.2, 0.25) is 0 Å². The van der Waals surface area contributed by atoms with E-state index in [1.165, 1.54) is 7.11 Å². The minimum atomic E-state index is -0.914. The number of carbonyl (C=O) groups is 1. The normalized spacial score (nSPS) is 35.1. The SMILES string of the molecule is COC(=O)C1(C2(O)CCCN(CCC3CCOC3)C2)CCC1. The number of carbonyl (C=O) groups excluding carboxylic acids is 1. The maximum absolute atomic E-state index is 12.3. The van der Waals surface area contributed by atoms with E-state index in [1.807, 2.05) is 0 Å². The smallest absolute Gasteiger partial charge is 0.314 e. The Morgan fingerprint density at radius 1 is 1.36 bits per heavy atom. The Hall–Kier alpha value is -0.650. The number of ether oxygens (including phenoxy) is 2. The summed E-state index contributed by atoms with van der Waals surface area (Å²) in [5.74, 6) is 0.445. The fraction of sp³-hybridized carbons (Fsp3) is 0.941. The van der Waals surface area contributed by atoms with Crippen LogP contribution >= 0.6 is 0 Å². The molecular weight excluding hydrogens is 282 g/mol. The molecule has 0 bridgehead atoms. The Balaban J connectivity index is 1.61. The van der Waals surface area contributed by atoms with Crippen molar-refractivity contribution in [3.8, 4) is 0 Å². The van der Waals surface area contributed by atoms with Crippen molar-refractivity contribution in [2.24, 2.45) is 11.3 Å². The zero-order valence-corrected chi connectivity index (χ0v) is 13.7. The molecular formula is C17H29NO4. The van der Waals surface area contributed by atoms with Crippen molar-refractivity contribution in [2.75, 3.05) is 40.0 Å². The summed E-state index contributed by atoms with van der Waals surface area (Å²) in [4.78, 5) is 14.6. The third-order valence-electron chi connectivity index (χ3n) is 6.10. The van der Waals surface area contributed by atoms with Crippen molar-refractivity contribution in [3.05, 3.63) is 0 Å². The number of esters is 1. The van der Waals surface area contributed by atoms with Gasteiger partial charge in [-0.25, -0.2) is 0 Å². The highest BCUT2D eigenvalue weighted by Gasteiger charge is 2.60. The molecule has 0 aromatic heterocycles. The van der Waals surface area contributed by atoms with Crippen molar-refractivity contribution in [1.82, 2.24) is 4.90 Å². The van der Waals surface area contributed by atoms with E-state index in [4.69, 9.17) is 9.47 Å². The Kier molecular flexibility index (Phi) is 4.76. The van der Waals surface area contributed by atoms with Crippen LogP contribution in [0.3, 0.4) is 0 Å². The molecule has 2 saturated heterocycles. The van der Waals surface area contributed by atoms with Crippen molar-refractivity contribution in [1.29, 1.82) is 0 Å². The van der Waals surface area contributed by atoms with Gasteiger partial charge in [0.15, 0.2) is 0 Å². The van der Waals surface area contributed by atoms with Crippen molar-refractivity contribution in [3.63, 3.8) is 0 Å². The molecule has 2 heterocycles. The summed E-state index contributed by atoms with van der Waals surface area (Å²) in [6.07, 6.45) is 6.49. The summed E-state index contributed by atoms with van der Waals surface area (Å²) in [7, 11) is 1.44. The second-order valence-corrected chi connectivity index (χ2v) is 7.36. The lowest BCUT2D eigenvalue weighted by Gasteiger charge is -2.54. The summed E-state index contributed by atoms with van der Waals surface area (Å²) >= 11 is 0. The Morgan fingerprint density at radius 2 is 2.18 bits per heavy atom. The average molecular weight is 311 g/mol. The van der Waals surface area contributed by atoms with Crippen LogP contribution in [0.25, 0.3) is 0 Å². The minimum absolute atomic E-state index is 0.215. The summed E-state index contributed by atoms with van der Waals surface area (Å²) in [5, 5.41) is 11.2. The molecule has 1 N–H and O–H groups in total. The van der Waals surface area contributed by atoms with Crippen LogP contribution in [-0.2, 0) is 14.3 Å². The number of aliphatic hydroxyl groups is 1. The summed E-state index contributed by atoms with van der Waals surface area (Å²) in [6.45, 7) is 4.39. The largest absolute Gasteiger partial charge is 0.469 e. The minimum Gasteiger partial charge on any atom is -0.469 e. The molecule has 0 spiro atoms. The predicted molar refractivity (Wildman–Crippen MR) is 82.5 cm³/mol. The molecule has 3 fully saturated rings. The first kappa shape index (κ1) is 16.2. The third kappa shape index (κ3) is 2.79. The van der Waals surface area contributed by atoms with E-state index in [1.54, 1.807) is 0 Å². The predicted octanol–water partition coefficient (Wildman–Crippen LogP) is 1.58. The van der Waals surface area contributed by atoms with Crippen LogP contribution in [0.15, 0.2) is 0 Å². The van der Waals surface area contributed by atoms with Crippen LogP contribution in [0.1, 0.15) is 44.9 Å². The van der Waals surface area contributed by atoms with Gasteiger partial charge in [0.2, 0.25) is 0 Å². The number of hydrogen-bond acceptors (Lipinski definition) is 5. The second-order valence-electron chi connectivity index (χ2n) is 7.36. The van der Waals surface area contributed by atoms with Crippen LogP contribution in [0, 0.1) is 11.3 Å². The fourth-order valence-corrected chi connectivity index (χ4v) is 4.47. The highest BCUT2D eigenvalue weighted by molar-refractivity contribution is 5.79. The van der Waals surface area contributed by atoms with Gasteiger partial charge in [-0.2, -0.15) is 0 Å². The first-order valence-corrected chi connectivity index (χ1v) is 8.71. The van der Waals surface area contributed by atoms with Crippen molar-refractivity contribution >= 4 is 5.97 Å². The molecule has 5 nitrogen and oxygen atoms in total. The molecule has 3 aliphatic rings. The molecule has 3 rings (SSSR count). The van der Waals surface area contributed by atoms with Gasteiger partial charge in [-0.15, -0.1) is 0 Å². The van der Waals surface area contributed by atoms with Crippen LogP contribution in [0.5, 0.6) is 0 Å². The standard InChI is InChI=1S/C17H29NO4/c1-21-15(19)16(6-2-7-16)17(20)8-3-9-18(13-17)10-4-14-5-11-22-12-14/h14,20H,2-13H2,1H3. The zero-order valence-electron chi connectivity index (χ0n) is 13.7. The van der Waals surface area contributed by atoms with Gasteiger partial charge in [0.25, 0.3) is 0 Å². The zero-order chi connectivity index (χ0) is 15.6. The van der Waals surface area contributed by atoms with Gasteiger partial charge in [0.05, 0.1) is 18.1 Å². The third-order valence-corrected chi connectivity index (χ3v) is 6.10. The van der Waals surface area contributed by atoms with E-state index in [0.29, 0.717) is 18.9 Å². The van der Waals surface area contributed by atoms with Crippen molar-refractivity contribution < 1.29 is 19.4 Å². The maximum Gasteiger partial charge on any atom is 0.314 e. The van der Waals surface area contributed by atoms with Gasteiger partial charge in [-0.05, 0) is 57.5 Å². The average Bonchev–Trinajstić information content (AvgIpc) is 2.96. The molecule has 1 aliphatic carbocycles.